The molecule has 1 aliphatic rings. The first-order valence-electron chi connectivity index (χ1n) is 12.7. The van der Waals surface area contributed by atoms with Gasteiger partial charge in [0.15, 0.2) is 0 Å². The lowest BCUT2D eigenvalue weighted by Crippen LogP contribution is -2.27. The average Bonchev–Trinajstić information content (AvgIpc) is 3.46. The minimum atomic E-state index is -0.508. The van der Waals surface area contributed by atoms with E-state index in [1.807, 2.05) is 36.4 Å². The number of carbonyl (C=O) groups is 2. The molecule has 202 valence electrons. The maximum Gasteiger partial charge on any atom is 0.343 e. The van der Waals surface area contributed by atoms with E-state index in [4.69, 9.17) is 24.0 Å². The van der Waals surface area contributed by atoms with Gasteiger partial charge in [-0.1, -0.05) is 24.3 Å². The third-order valence-electron chi connectivity index (χ3n) is 6.68. The number of amides is 1. The van der Waals surface area contributed by atoms with Crippen LogP contribution < -0.4 is 18.9 Å². The predicted molar refractivity (Wildman–Crippen MR) is 150 cm³/mol. The van der Waals surface area contributed by atoms with Crippen LogP contribution in [0.25, 0.3) is 0 Å². The van der Waals surface area contributed by atoms with Crippen LogP contribution in [0.1, 0.15) is 44.3 Å². The number of ether oxygens (including phenoxy) is 4. The van der Waals surface area contributed by atoms with Crippen molar-refractivity contribution in [3.63, 3.8) is 0 Å². The Morgan fingerprint density at radius 2 is 1.23 bits per heavy atom. The van der Waals surface area contributed by atoms with E-state index in [2.05, 4.69) is 0 Å². The lowest BCUT2D eigenvalue weighted by molar-refractivity contribution is 0.0708. The monoisotopic (exact) mass is 536 g/mol. The van der Waals surface area contributed by atoms with Crippen LogP contribution in [-0.2, 0) is 0 Å². The quantitative estimate of drug-likeness (QED) is 0.205. The van der Waals surface area contributed by atoms with Crippen LogP contribution in [-0.4, -0.2) is 43.9 Å². The number of hydrogen-bond donors (Lipinski definition) is 0. The summed E-state index contributed by atoms with van der Waals surface area (Å²) in [6.45, 7) is 0. The fourth-order valence-electron chi connectivity index (χ4n) is 4.49. The van der Waals surface area contributed by atoms with Crippen molar-refractivity contribution in [3.05, 3.63) is 119 Å². The fraction of sp³-hybridized carbons (Fsp3) is 0.156. The number of benzene rings is 4. The number of rotatable bonds is 8. The van der Waals surface area contributed by atoms with Gasteiger partial charge < -0.3 is 18.9 Å². The summed E-state index contributed by atoms with van der Waals surface area (Å²) in [7, 11) is 4.75. The van der Waals surface area contributed by atoms with E-state index in [9.17, 15) is 9.59 Å². The van der Waals surface area contributed by atoms with Gasteiger partial charge in [-0.15, -0.1) is 0 Å². The van der Waals surface area contributed by atoms with Crippen LogP contribution >= 0.6 is 0 Å². The fourth-order valence-corrected chi connectivity index (χ4v) is 4.49. The Labute approximate surface area is 232 Å². The van der Waals surface area contributed by atoms with Gasteiger partial charge in [0.05, 0.1) is 38.6 Å². The van der Waals surface area contributed by atoms with Crippen molar-refractivity contribution in [2.24, 2.45) is 5.10 Å². The van der Waals surface area contributed by atoms with Gasteiger partial charge in [0, 0.05) is 17.5 Å². The predicted octanol–water partition coefficient (Wildman–Crippen LogP) is 5.92. The lowest BCUT2D eigenvalue weighted by atomic mass is 9.97. The largest absolute Gasteiger partial charge is 0.497 e. The van der Waals surface area contributed by atoms with Gasteiger partial charge in [-0.05, 0) is 78.4 Å². The Kier molecular flexibility index (Phi) is 7.77. The van der Waals surface area contributed by atoms with Crippen molar-refractivity contribution in [1.29, 1.82) is 0 Å². The molecular formula is C32H28N2O6. The molecule has 0 fully saturated rings. The molecule has 0 bridgehead atoms. The van der Waals surface area contributed by atoms with Crippen molar-refractivity contribution in [2.75, 3.05) is 21.3 Å². The van der Waals surface area contributed by atoms with Crippen LogP contribution in [0.4, 0.5) is 0 Å². The van der Waals surface area contributed by atoms with E-state index in [1.54, 1.807) is 82.0 Å². The third kappa shape index (κ3) is 5.51. The van der Waals surface area contributed by atoms with Crippen LogP contribution in [0.15, 0.2) is 102 Å². The van der Waals surface area contributed by atoms with E-state index >= 15 is 0 Å². The van der Waals surface area contributed by atoms with E-state index in [1.165, 1.54) is 5.01 Å². The number of hydrazone groups is 1. The zero-order chi connectivity index (χ0) is 28.1. The molecule has 8 heteroatoms. The standard InChI is InChI=1S/C32H28N2O6/c1-37-24-14-8-21(9-15-24)29-20-28(33-34(29)31(35)22-10-16-25(38-2)17-11-22)27-6-4-5-7-30(27)40-32(36)23-12-18-26(39-3)19-13-23/h4-19,29H,20H2,1-3H3. The van der Waals surface area contributed by atoms with Gasteiger partial charge in [0.1, 0.15) is 23.0 Å². The maximum absolute atomic E-state index is 13.7. The van der Waals surface area contributed by atoms with Gasteiger partial charge in [-0.2, -0.15) is 5.10 Å². The number of nitrogens with zero attached hydrogens (tertiary/aromatic N) is 2. The Hall–Kier alpha value is -5.11. The Morgan fingerprint density at radius 3 is 1.80 bits per heavy atom. The topological polar surface area (TPSA) is 86.7 Å². The number of carbonyl (C=O) groups excluding carboxylic acids is 2. The Balaban J connectivity index is 1.48. The smallest absolute Gasteiger partial charge is 0.343 e. The molecule has 1 unspecified atom stereocenters. The normalized spacial score (nSPS) is 14.3. The zero-order valence-electron chi connectivity index (χ0n) is 22.4. The minimum Gasteiger partial charge on any atom is -0.497 e. The van der Waals surface area contributed by atoms with E-state index in [0.29, 0.717) is 51.8 Å². The summed E-state index contributed by atoms with van der Waals surface area (Å²) in [5, 5.41) is 6.26. The highest BCUT2D eigenvalue weighted by molar-refractivity contribution is 6.07. The molecule has 0 saturated carbocycles. The van der Waals surface area contributed by atoms with Gasteiger partial charge in [-0.3, -0.25) is 4.79 Å². The molecule has 5 rings (SSSR count). The highest BCUT2D eigenvalue weighted by Crippen LogP contribution is 2.37. The first kappa shape index (κ1) is 26.5. The van der Waals surface area contributed by atoms with Gasteiger partial charge in [0.25, 0.3) is 5.91 Å². The second-order valence-electron chi connectivity index (χ2n) is 9.03. The number of esters is 1. The van der Waals surface area contributed by atoms with Gasteiger partial charge in [0.2, 0.25) is 0 Å². The molecule has 4 aromatic carbocycles. The molecular weight excluding hydrogens is 508 g/mol. The van der Waals surface area contributed by atoms with E-state index < -0.39 is 5.97 Å². The second kappa shape index (κ2) is 11.7. The first-order valence-corrected chi connectivity index (χ1v) is 12.7. The lowest BCUT2D eigenvalue weighted by Gasteiger charge is -2.22. The molecule has 0 saturated heterocycles. The van der Waals surface area contributed by atoms with E-state index in [0.717, 1.165) is 5.56 Å². The van der Waals surface area contributed by atoms with E-state index in [-0.39, 0.29) is 11.9 Å². The molecule has 1 heterocycles. The van der Waals surface area contributed by atoms with Crippen LogP contribution in [0.2, 0.25) is 0 Å². The minimum absolute atomic E-state index is 0.258. The molecule has 0 aromatic heterocycles. The van der Waals surface area contributed by atoms with Gasteiger partial charge >= 0.3 is 5.97 Å². The second-order valence-corrected chi connectivity index (χ2v) is 9.03. The summed E-state index contributed by atoms with van der Waals surface area (Å²) in [5.41, 5.74) is 3.02. The molecule has 0 spiro atoms. The summed E-state index contributed by atoms with van der Waals surface area (Å²) in [4.78, 5) is 26.6. The highest BCUT2D eigenvalue weighted by atomic mass is 16.5. The van der Waals surface area contributed by atoms with Crippen molar-refractivity contribution in [2.45, 2.75) is 12.5 Å². The SMILES string of the molecule is COc1ccc(C(=O)Oc2ccccc2C2=NN(C(=O)c3ccc(OC)cc3)C(c3ccc(OC)cc3)C2)cc1. The summed E-state index contributed by atoms with van der Waals surface area (Å²) in [6.07, 6.45) is 0.422. The number of methoxy groups -OCH3 is 3. The summed E-state index contributed by atoms with van der Waals surface area (Å²) in [5.74, 6) is 1.60. The molecule has 0 N–H and O–H groups in total. The maximum atomic E-state index is 13.7. The molecule has 4 aromatic rings. The summed E-state index contributed by atoms with van der Waals surface area (Å²) >= 11 is 0. The molecule has 8 nitrogen and oxygen atoms in total. The first-order chi connectivity index (χ1) is 19.5. The zero-order valence-corrected chi connectivity index (χ0v) is 22.4. The van der Waals surface area contributed by atoms with Crippen LogP contribution in [0.5, 0.6) is 23.0 Å². The van der Waals surface area contributed by atoms with Crippen LogP contribution in [0, 0.1) is 0 Å². The third-order valence-corrected chi connectivity index (χ3v) is 6.68. The molecule has 0 radical (unpaired) electrons. The number of hydrogen-bond acceptors (Lipinski definition) is 7. The highest BCUT2D eigenvalue weighted by Gasteiger charge is 2.35. The van der Waals surface area contributed by atoms with Crippen LogP contribution in [0.3, 0.4) is 0 Å². The van der Waals surface area contributed by atoms with Crippen molar-refractivity contribution in [1.82, 2.24) is 5.01 Å². The summed E-state index contributed by atoms with van der Waals surface area (Å²) < 4.78 is 21.5. The van der Waals surface area contributed by atoms with Gasteiger partial charge in [-0.25, -0.2) is 9.80 Å². The Bertz CT molecular complexity index is 1530. The summed E-state index contributed by atoms with van der Waals surface area (Å²) in [6, 6.07) is 28.0. The molecule has 1 amide bonds. The average molecular weight is 537 g/mol. The molecule has 1 aliphatic heterocycles. The molecule has 0 aliphatic carbocycles. The number of para-hydroxylation sites is 1. The Morgan fingerprint density at radius 1 is 0.700 bits per heavy atom. The molecule has 1 atom stereocenters. The van der Waals surface area contributed by atoms with Crippen molar-refractivity contribution < 1.29 is 28.5 Å². The molecule has 40 heavy (non-hydrogen) atoms. The van der Waals surface area contributed by atoms with Crippen molar-refractivity contribution >= 4 is 17.6 Å². The van der Waals surface area contributed by atoms with Crippen molar-refractivity contribution in [3.8, 4) is 23.0 Å².